The highest BCUT2D eigenvalue weighted by Gasteiger charge is 2.11. The molecule has 0 saturated carbocycles. The predicted molar refractivity (Wildman–Crippen MR) is 55.2 cm³/mol. The van der Waals surface area contributed by atoms with Crippen LogP contribution in [0, 0.1) is 0 Å². The average molecular weight is 164 g/mol. The fraction of sp³-hybridized carbons (Fsp3) is 0.667. The van der Waals surface area contributed by atoms with Crippen LogP contribution in [0.25, 0.3) is 0 Å². The fourth-order valence-electron chi connectivity index (χ4n) is 1.95. The molecule has 0 fully saturated rings. The van der Waals surface area contributed by atoms with E-state index in [1.54, 1.807) is 16.7 Å². The van der Waals surface area contributed by atoms with Gasteiger partial charge in [0.15, 0.2) is 0 Å². The second-order valence-electron chi connectivity index (χ2n) is 3.65. The predicted octanol–water partition coefficient (Wildman–Crippen LogP) is 4.23. The minimum Gasteiger partial charge on any atom is -0.0770 e. The molecule has 0 atom stereocenters. The second kappa shape index (κ2) is 4.49. The number of hydrogen-bond donors (Lipinski definition) is 0. The van der Waals surface area contributed by atoms with Crippen LogP contribution in [0.4, 0.5) is 0 Å². The van der Waals surface area contributed by atoms with Gasteiger partial charge in [0.2, 0.25) is 0 Å². The monoisotopic (exact) mass is 164 g/mol. The molecule has 0 aromatic heterocycles. The maximum atomic E-state index is 2.42. The van der Waals surface area contributed by atoms with Gasteiger partial charge in [-0.2, -0.15) is 0 Å². The van der Waals surface area contributed by atoms with Crippen LogP contribution in [0.5, 0.6) is 0 Å². The van der Waals surface area contributed by atoms with E-state index in [1.165, 1.54) is 32.1 Å². The van der Waals surface area contributed by atoms with Gasteiger partial charge in [-0.05, 0) is 43.8 Å². The number of hydrogen-bond acceptors (Lipinski definition) is 0. The third-order valence-electron chi connectivity index (χ3n) is 2.71. The van der Waals surface area contributed by atoms with Gasteiger partial charge >= 0.3 is 0 Å². The molecule has 0 aromatic rings. The minimum absolute atomic E-state index is 1.21. The standard InChI is InChI=1S/C12H20/c1-4-6-7-11-9-8-10(3)12(11)5-2/h9H,4-8H2,1-3H3. The van der Waals surface area contributed by atoms with Crippen molar-refractivity contribution in [3.63, 3.8) is 0 Å². The fourth-order valence-corrected chi connectivity index (χ4v) is 1.95. The van der Waals surface area contributed by atoms with Crippen molar-refractivity contribution in [3.8, 4) is 0 Å². The molecular formula is C12H20. The summed E-state index contributed by atoms with van der Waals surface area (Å²) < 4.78 is 0. The highest BCUT2D eigenvalue weighted by molar-refractivity contribution is 5.41. The maximum Gasteiger partial charge on any atom is -0.0130 e. The Morgan fingerprint density at radius 2 is 2.08 bits per heavy atom. The second-order valence-corrected chi connectivity index (χ2v) is 3.65. The zero-order valence-corrected chi connectivity index (χ0v) is 8.61. The van der Waals surface area contributed by atoms with E-state index in [4.69, 9.17) is 0 Å². The third-order valence-corrected chi connectivity index (χ3v) is 2.71. The molecule has 0 N–H and O–H groups in total. The summed E-state index contributed by atoms with van der Waals surface area (Å²) in [6.45, 7) is 6.80. The van der Waals surface area contributed by atoms with Crippen LogP contribution in [0.15, 0.2) is 22.8 Å². The summed E-state index contributed by atoms with van der Waals surface area (Å²) in [7, 11) is 0. The van der Waals surface area contributed by atoms with Crippen molar-refractivity contribution in [1.29, 1.82) is 0 Å². The summed E-state index contributed by atoms with van der Waals surface area (Å²) >= 11 is 0. The van der Waals surface area contributed by atoms with Crippen molar-refractivity contribution >= 4 is 0 Å². The van der Waals surface area contributed by atoms with Crippen LogP contribution >= 0.6 is 0 Å². The third kappa shape index (κ3) is 2.00. The van der Waals surface area contributed by atoms with Crippen molar-refractivity contribution in [1.82, 2.24) is 0 Å². The lowest BCUT2D eigenvalue weighted by molar-refractivity contribution is 0.787. The molecule has 0 radical (unpaired) electrons. The maximum absolute atomic E-state index is 2.42. The Labute approximate surface area is 76.4 Å². The molecule has 0 heterocycles. The van der Waals surface area contributed by atoms with Crippen LogP contribution < -0.4 is 0 Å². The summed E-state index contributed by atoms with van der Waals surface area (Å²) in [4.78, 5) is 0. The summed E-state index contributed by atoms with van der Waals surface area (Å²) in [5.41, 5.74) is 4.88. The van der Waals surface area contributed by atoms with Crippen LogP contribution in [0.3, 0.4) is 0 Å². The lowest BCUT2D eigenvalue weighted by atomic mass is 10.00. The van der Waals surface area contributed by atoms with Crippen molar-refractivity contribution in [2.45, 2.75) is 52.9 Å². The summed E-state index contributed by atoms with van der Waals surface area (Å²) in [6.07, 6.45) is 8.82. The van der Waals surface area contributed by atoms with Gasteiger partial charge in [-0.25, -0.2) is 0 Å². The first-order valence-electron chi connectivity index (χ1n) is 5.17. The van der Waals surface area contributed by atoms with E-state index in [0.717, 1.165) is 0 Å². The van der Waals surface area contributed by atoms with Crippen LogP contribution in [0.2, 0.25) is 0 Å². The molecule has 1 aliphatic rings. The quantitative estimate of drug-likeness (QED) is 0.583. The average Bonchev–Trinajstić information content (AvgIpc) is 2.43. The molecule has 0 saturated heterocycles. The van der Waals surface area contributed by atoms with Gasteiger partial charge in [-0.3, -0.25) is 0 Å². The number of rotatable bonds is 4. The zero-order chi connectivity index (χ0) is 8.97. The van der Waals surface area contributed by atoms with Gasteiger partial charge in [-0.1, -0.05) is 31.9 Å². The summed E-state index contributed by atoms with van der Waals surface area (Å²) in [5, 5.41) is 0. The van der Waals surface area contributed by atoms with E-state index in [9.17, 15) is 0 Å². The molecule has 0 amide bonds. The van der Waals surface area contributed by atoms with Crippen LogP contribution in [-0.2, 0) is 0 Å². The Kier molecular flexibility index (Phi) is 3.58. The SMILES string of the molecule is CCCCC1=CCC(C)=C1CC. The van der Waals surface area contributed by atoms with Crippen molar-refractivity contribution in [3.05, 3.63) is 22.8 Å². The van der Waals surface area contributed by atoms with E-state index in [-0.39, 0.29) is 0 Å². The van der Waals surface area contributed by atoms with Gasteiger partial charge in [0, 0.05) is 0 Å². The Morgan fingerprint density at radius 1 is 1.33 bits per heavy atom. The molecule has 0 nitrogen and oxygen atoms in total. The molecule has 68 valence electrons. The van der Waals surface area contributed by atoms with Crippen molar-refractivity contribution in [2.75, 3.05) is 0 Å². The zero-order valence-electron chi connectivity index (χ0n) is 8.61. The van der Waals surface area contributed by atoms with E-state index in [2.05, 4.69) is 26.8 Å². The first kappa shape index (κ1) is 9.57. The molecule has 0 aliphatic heterocycles. The Hall–Kier alpha value is -0.520. The first-order chi connectivity index (χ1) is 5.79. The van der Waals surface area contributed by atoms with Gasteiger partial charge in [0.1, 0.15) is 0 Å². The highest BCUT2D eigenvalue weighted by Crippen LogP contribution is 2.31. The molecule has 12 heavy (non-hydrogen) atoms. The number of unbranched alkanes of at least 4 members (excludes halogenated alkanes) is 1. The normalized spacial score (nSPS) is 17.1. The van der Waals surface area contributed by atoms with Crippen LogP contribution in [-0.4, -0.2) is 0 Å². The van der Waals surface area contributed by atoms with E-state index in [0.29, 0.717) is 0 Å². The van der Waals surface area contributed by atoms with Gasteiger partial charge in [-0.15, -0.1) is 0 Å². The molecule has 0 heteroatoms. The minimum atomic E-state index is 1.21. The number of allylic oxidation sites excluding steroid dienone is 4. The summed E-state index contributed by atoms with van der Waals surface area (Å²) in [6, 6.07) is 0. The van der Waals surface area contributed by atoms with Gasteiger partial charge in [0.05, 0.1) is 0 Å². The molecule has 1 rings (SSSR count). The Balaban J connectivity index is 2.55. The molecular weight excluding hydrogens is 144 g/mol. The highest BCUT2D eigenvalue weighted by atomic mass is 14.2. The molecule has 1 aliphatic carbocycles. The molecule has 0 bridgehead atoms. The lowest BCUT2D eigenvalue weighted by Crippen LogP contribution is -1.86. The topological polar surface area (TPSA) is 0 Å². The lowest BCUT2D eigenvalue weighted by Gasteiger charge is -2.06. The largest absolute Gasteiger partial charge is 0.0770 e. The Bertz CT molecular complexity index is 206. The van der Waals surface area contributed by atoms with Gasteiger partial charge in [0.25, 0.3) is 0 Å². The van der Waals surface area contributed by atoms with E-state index < -0.39 is 0 Å². The first-order valence-corrected chi connectivity index (χ1v) is 5.17. The summed E-state index contributed by atoms with van der Waals surface area (Å²) in [5.74, 6) is 0. The molecule has 0 spiro atoms. The van der Waals surface area contributed by atoms with E-state index >= 15 is 0 Å². The van der Waals surface area contributed by atoms with Crippen molar-refractivity contribution < 1.29 is 0 Å². The van der Waals surface area contributed by atoms with Crippen molar-refractivity contribution in [2.24, 2.45) is 0 Å². The molecule has 0 unspecified atom stereocenters. The smallest absolute Gasteiger partial charge is 0.0130 e. The van der Waals surface area contributed by atoms with Gasteiger partial charge < -0.3 is 0 Å². The molecule has 0 aromatic carbocycles. The Morgan fingerprint density at radius 3 is 2.67 bits per heavy atom. The van der Waals surface area contributed by atoms with Crippen LogP contribution in [0.1, 0.15) is 52.9 Å². The van der Waals surface area contributed by atoms with E-state index in [1.807, 2.05) is 0 Å².